The normalized spacial score (nSPS) is 10.4. The van der Waals surface area contributed by atoms with Gasteiger partial charge >= 0.3 is 0 Å². The molecular weight excluding hydrogens is 226 g/mol. The Bertz CT molecular complexity index is 387. The number of nitrogens with one attached hydrogen (secondary N) is 1. The molecule has 0 radical (unpaired) electrons. The largest absolute Gasteiger partial charge is 0.387 e. The Balaban J connectivity index is 2.42. The molecule has 0 saturated heterocycles. The fourth-order valence-electron chi connectivity index (χ4n) is 1.13. The maximum atomic E-state index is 11.3. The topological polar surface area (TPSA) is 85.8 Å². The first-order valence-electron chi connectivity index (χ1n) is 4.97. The van der Waals surface area contributed by atoms with Crippen molar-refractivity contribution in [2.24, 2.45) is 5.73 Å². The first-order valence-corrected chi connectivity index (χ1v) is 5.38. The van der Waals surface area contributed by atoms with Crippen molar-refractivity contribution in [1.29, 1.82) is 0 Å². The number of carbonyl (C=O) groups is 1. The second kappa shape index (κ2) is 5.55. The lowest BCUT2D eigenvalue weighted by molar-refractivity contribution is -0.121. The standard InChI is InChI=1S/C9H15N5OS/c1-6(2)12-7(15)3-4-14-5-11-9(13-14)8(10)16/h5-6H,3-4H2,1-2H3,(H2,10,16)(H,12,15). The molecule has 16 heavy (non-hydrogen) atoms. The lowest BCUT2D eigenvalue weighted by atomic mass is 10.3. The van der Waals surface area contributed by atoms with Crippen molar-refractivity contribution in [3.05, 3.63) is 12.2 Å². The minimum atomic E-state index is -0.0117. The summed E-state index contributed by atoms with van der Waals surface area (Å²) in [4.78, 5) is 15.4. The van der Waals surface area contributed by atoms with E-state index in [1.807, 2.05) is 13.8 Å². The van der Waals surface area contributed by atoms with E-state index in [1.165, 1.54) is 6.33 Å². The Labute approximate surface area is 99.2 Å². The van der Waals surface area contributed by atoms with E-state index in [4.69, 9.17) is 18.0 Å². The van der Waals surface area contributed by atoms with Crippen molar-refractivity contribution < 1.29 is 4.79 Å². The Morgan fingerprint density at radius 2 is 2.38 bits per heavy atom. The average Bonchev–Trinajstić information content (AvgIpc) is 2.61. The van der Waals surface area contributed by atoms with E-state index in [9.17, 15) is 4.79 Å². The molecule has 0 aliphatic rings. The summed E-state index contributed by atoms with van der Waals surface area (Å²) >= 11 is 4.73. The predicted molar refractivity (Wildman–Crippen MR) is 63.8 cm³/mol. The minimum absolute atomic E-state index is 0.0117. The minimum Gasteiger partial charge on any atom is -0.387 e. The summed E-state index contributed by atoms with van der Waals surface area (Å²) in [5.41, 5.74) is 5.36. The fraction of sp³-hybridized carbons (Fsp3) is 0.556. The highest BCUT2D eigenvalue weighted by Crippen LogP contribution is 1.93. The van der Waals surface area contributed by atoms with Crippen molar-refractivity contribution in [3.8, 4) is 0 Å². The molecule has 6 nitrogen and oxygen atoms in total. The monoisotopic (exact) mass is 241 g/mol. The maximum Gasteiger partial charge on any atom is 0.222 e. The van der Waals surface area contributed by atoms with Gasteiger partial charge in [-0.2, -0.15) is 0 Å². The molecule has 3 N–H and O–H groups in total. The molecule has 0 bridgehead atoms. The van der Waals surface area contributed by atoms with E-state index in [0.29, 0.717) is 18.8 Å². The molecular formula is C9H15N5OS. The molecule has 0 spiro atoms. The molecule has 0 aliphatic carbocycles. The molecule has 1 rings (SSSR count). The van der Waals surface area contributed by atoms with Gasteiger partial charge in [0, 0.05) is 12.5 Å². The van der Waals surface area contributed by atoms with Crippen LogP contribution in [0.25, 0.3) is 0 Å². The molecule has 1 aromatic heterocycles. The van der Waals surface area contributed by atoms with Crippen LogP contribution >= 0.6 is 12.2 Å². The number of amides is 1. The molecule has 1 aromatic rings. The number of rotatable bonds is 5. The highest BCUT2D eigenvalue weighted by Gasteiger charge is 2.06. The van der Waals surface area contributed by atoms with Gasteiger partial charge in [-0.1, -0.05) is 12.2 Å². The van der Waals surface area contributed by atoms with Gasteiger partial charge in [0.25, 0.3) is 0 Å². The van der Waals surface area contributed by atoms with Gasteiger partial charge in [0.2, 0.25) is 11.7 Å². The lowest BCUT2D eigenvalue weighted by Gasteiger charge is -2.07. The van der Waals surface area contributed by atoms with Crippen LogP contribution in [0.15, 0.2) is 6.33 Å². The van der Waals surface area contributed by atoms with Crippen molar-refractivity contribution >= 4 is 23.1 Å². The molecule has 7 heteroatoms. The number of aromatic nitrogens is 3. The van der Waals surface area contributed by atoms with Crippen molar-refractivity contribution in [1.82, 2.24) is 20.1 Å². The van der Waals surface area contributed by atoms with Crippen LogP contribution in [0.3, 0.4) is 0 Å². The Morgan fingerprint density at radius 1 is 1.69 bits per heavy atom. The third-order valence-corrected chi connectivity index (χ3v) is 1.96. The number of carbonyl (C=O) groups excluding carboxylic acids is 1. The summed E-state index contributed by atoms with van der Waals surface area (Å²) in [6, 6.07) is 0.149. The molecule has 1 amide bonds. The average molecular weight is 241 g/mol. The quantitative estimate of drug-likeness (QED) is 0.699. The number of hydrogen-bond donors (Lipinski definition) is 2. The number of nitrogens with two attached hydrogens (primary N) is 1. The van der Waals surface area contributed by atoms with E-state index in [-0.39, 0.29) is 16.9 Å². The van der Waals surface area contributed by atoms with E-state index in [2.05, 4.69) is 15.4 Å². The fourth-order valence-corrected chi connectivity index (χ4v) is 1.22. The number of thiocarbonyl (C=S) groups is 1. The lowest BCUT2D eigenvalue weighted by Crippen LogP contribution is -2.30. The van der Waals surface area contributed by atoms with Gasteiger partial charge in [-0.3, -0.25) is 9.48 Å². The Morgan fingerprint density at radius 3 is 2.88 bits per heavy atom. The number of aryl methyl sites for hydroxylation is 1. The van der Waals surface area contributed by atoms with Crippen molar-refractivity contribution in [2.75, 3.05) is 0 Å². The third-order valence-electron chi connectivity index (χ3n) is 1.77. The van der Waals surface area contributed by atoms with Crippen LogP contribution < -0.4 is 11.1 Å². The summed E-state index contributed by atoms with van der Waals surface area (Å²) in [6.45, 7) is 4.30. The zero-order valence-corrected chi connectivity index (χ0v) is 10.1. The van der Waals surface area contributed by atoms with Crippen LogP contribution in [0.4, 0.5) is 0 Å². The van der Waals surface area contributed by atoms with E-state index in [0.717, 1.165) is 0 Å². The number of hydrogen-bond acceptors (Lipinski definition) is 4. The SMILES string of the molecule is CC(C)NC(=O)CCn1cnc(C(N)=S)n1. The predicted octanol–water partition coefficient (Wildman–Crippen LogP) is -0.173. The third kappa shape index (κ3) is 3.93. The van der Waals surface area contributed by atoms with Gasteiger partial charge in [0.1, 0.15) is 11.3 Å². The van der Waals surface area contributed by atoms with Gasteiger partial charge in [0.15, 0.2) is 0 Å². The van der Waals surface area contributed by atoms with Crippen molar-refractivity contribution in [2.45, 2.75) is 32.9 Å². The summed E-state index contributed by atoms with van der Waals surface area (Å²) in [5.74, 6) is 0.321. The zero-order chi connectivity index (χ0) is 12.1. The molecule has 0 saturated carbocycles. The first kappa shape index (κ1) is 12.6. The van der Waals surface area contributed by atoms with Gasteiger partial charge in [-0.05, 0) is 13.8 Å². The van der Waals surface area contributed by atoms with E-state index in [1.54, 1.807) is 4.68 Å². The molecule has 88 valence electrons. The second-order valence-electron chi connectivity index (χ2n) is 3.67. The van der Waals surface area contributed by atoms with Crippen molar-refractivity contribution in [3.63, 3.8) is 0 Å². The van der Waals surface area contributed by atoms with Crippen LogP contribution in [0.5, 0.6) is 0 Å². The molecule has 0 fully saturated rings. The van der Waals surface area contributed by atoms with E-state index < -0.39 is 0 Å². The van der Waals surface area contributed by atoms with E-state index >= 15 is 0 Å². The summed E-state index contributed by atoms with van der Waals surface area (Å²) in [7, 11) is 0. The molecule has 1 heterocycles. The van der Waals surface area contributed by atoms with Gasteiger partial charge in [-0.25, -0.2) is 4.98 Å². The van der Waals surface area contributed by atoms with Gasteiger partial charge in [0.05, 0.1) is 6.54 Å². The summed E-state index contributed by atoms with van der Waals surface area (Å²) < 4.78 is 1.55. The molecule has 0 atom stereocenters. The van der Waals surface area contributed by atoms with Crippen LogP contribution in [-0.2, 0) is 11.3 Å². The molecule has 0 aliphatic heterocycles. The maximum absolute atomic E-state index is 11.3. The molecule has 0 unspecified atom stereocenters. The Kier molecular flexibility index (Phi) is 4.36. The summed E-state index contributed by atoms with van der Waals surface area (Å²) in [6.07, 6.45) is 1.87. The highest BCUT2D eigenvalue weighted by molar-refractivity contribution is 7.80. The smallest absolute Gasteiger partial charge is 0.222 e. The van der Waals surface area contributed by atoms with Crippen LogP contribution in [0.1, 0.15) is 26.1 Å². The highest BCUT2D eigenvalue weighted by atomic mass is 32.1. The van der Waals surface area contributed by atoms with Crippen LogP contribution in [0, 0.1) is 0 Å². The second-order valence-corrected chi connectivity index (χ2v) is 4.11. The van der Waals surface area contributed by atoms with Crippen LogP contribution in [0.2, 0.25) is 0 Å². The van der Waals surface area contributed by atoms with Crippen LogP contribution in [-0.4, -0.2) is 31.7 Å². The van der Waals surface area contributed by atoms with Gasteiger partial charge in [-0.15, -0.1) is 5.10 Å². The zero-order valence-electron chi connectivity index (χ0n) is 9.30. The van der Waals surface area contributed by atoms with Gasteiger partial charge < -0.3 is 11.1 Å². The summed E-state index contributed by atoms with van der Waals surface area (Å²) in [5, 5.41) is 6.81. The number of nitrogens with zero attached hydrogens (tertiary/aromatic N) is 3. The first-order chi connectivity index (χ1) is 7.49. The molecule has 0 aromatic carbocycles. The Hall–Kier alpha value is -1.50.